The van der Waals surface area contributed by atoms with Gasteiger partial charge in [-0.05, 0) is 37.9 Å². The number of nitrogens with zero attached hydrogens (tertiary/aromatic N) is 1. The average Bonchev–Trinajstić information content (AvgIpc) is 2.54. The molecule has 1 amide bonds. The summed E-state index contributed by atoms with van der Waals surface area (Å²) in [6, 6.07) is 10.8. The summed E-state index contributed by atoms with van der Waals surface area (Å²) in [6.45, 7) is 5.20. The Bertz CT molecular complexity index is 424. The van der Waals surface area contributed by atoms with Crippen molar-refractivity contribution in [3.63, 3.8) is 0 Å². The van der Waals surface area contributed by atoms with E-state index in [0.717, 1.165) is 18.0 Å². The molecule has 1 unspecified atom stereocenters. The van der Waals surface area contributed by atoms with Crippen LogP contribution < -0.4 is 5.32 Å². The van der Waals surface area contributed by atoms with Gasteiger partial charge in [-0.25, -0.2) is 0 Å². The molecule has 1 fully saturated rings. The average molecular weight is 306 g/mol. The third kappa shape index (κ3) is 5.71. The van der Waals surface area contributed by atoms with Gasteiger partial charge in [0, 0.05) is 24.0 Å². The number of thioether (sulfide) groups is 1. The van der Waals surface area contributed by atoms with Gasteiger partial charge in [-0.15, -0.1) is 11.8 Å². The van der Waals surface area contributed by atoms with Gasteiger partial charge in [-0.2, -0.15) is 0 Å². The topological polar surface area (TPSA) is 32.3 Å². The highest BCUT2D eigenvalue weighted by Crippen LogP contribution is 2.19. The largest absolute Gasteiger partial charge is 0.354 e. The van der Waals surface area contributed by atoms with Crippen LogP contribution in [-0.2, 0) is 4.79 Å². The quantitative estimate of drug-likeness (QED) is 0.785. The molecule has 1 aromatic carbocycles. The van der Waals surface area contributed by atoms with E-state index in [1.165, 1.54) is 32.2 Å². The Labute approximate surface area is 132 Å². The zero-order valence-corrected chi connectivity index (χ0v) is 13.7. The molecule has 3 nitrogen and oxygen atoms in total. The van der Waals surface area contributed by atoms with E-state index in [9.17, 15) is 4.79 Å². The lowest BCUT2D eigenvalue weighted by Gasteiger charge is -2.35. The van der Waals surface area contributed by atoms with E-state index in [-0.39, 0.29) is 5.91 Å². The van der Waals surface area contributed by atoms with E-state index in [1.54, 1.807) is 11.8 Å². The van der Waals surface area contributed by atoms with E-state index in [1.807, 2.05) is 30.3 Å². The first kappa shape index (κ1) is 16.4. The van der Waals surface area contributed by atoms with E-state index in [0.29, 0.717) is 11.8 Å². The van der Waals surface area contributed by atoms with Crippen LogP contribution in [0.4, 0.5) is 0 Å². The Morgan fingerprint density at radius 3 is 2.90 bits per heavy atom. The summed E-state index contributed by atoms with van der Waals surface area (Å²) in [6.07, 6.45) is 5.19. The molecule has 1 N–H and O–H groups in total. The van der Waals surface area contributed by atoms with Crippen LogP contribution in [0, 0.1) is 0 Å². The Kier molecular flexibility index (Phi) is 7.10. The lowest BCUT2D eigenvalue weighted by Crippen LogP contribution is -2.43. The molecule has 0 aliphatic carbocycles. The number of amides is 1. The van der Waals surface area contributed by atoms with E-state index in [4.69, 9.17) is 0 Å². The zero-order chi connectivity index (χ0) is 14.9. The van der Waals surface area contributed by atoms with Gasteiger partial charge >= 0.3 is 0 Å². The maximum atomic E-state index is 11.9. The molecule has 116 valence electrons. The molecule has 1 aromatic rings. The first-order valence-corrected chi connectivity index (χ1v) is 8.96. The van der Waals surface area contributed by atoms with Gasteiger partial charge in [0.15, 0.2) is 0 Å². The van der Waals surface area contributed by atoms with Gasteiger partial charge in [0.2, 0.25) is 5.91 Å². The highest BCUT2D eigenvalue weighted by molar-refractivity contribution is 8.00. The normalized spacial score (nSPS) is 19.4. The van der Waals surface area contributed by atoms with Crippen molar-refractivity contribution in [3.05, 3.63) is 30.3 Å². The molecule has 1 atom stereocenters. The molecule has 1 saturated heterocycles. The van der Waals surface area contributed by atoms with Crippen molar-refractivity contribution in [2.45, 2.75) is 43.5 Å². The maximum absolute atomic E-state index is 11.9. The van der Waals surface area contributed by atoms with Crippen molar-refractivity contribution in [2.75, 3.05) is 25.4 Å². The number of rotatable bonds is 7. The van der Waals surface area contributed by atoms with Gasteiger partial charge < -0.3 is 5.32 Å². The molecule has 0 radical (unpaired) electrons. The summed E-state index contributed by atoms with van der Waals surface area (Å²) in [7, 11) is 0. The number of likely N-dealkylation sites (tertiary alicyclic amines) is 1. The number of hydrogen-bond donors (Lipinski definition) is 1. The third-order valence-corrected chi connectivity index (χ3v) is 5.07. The van der Waals surface area contributed by atoms with Crippen molar-refractivity contribution in [1.29, 1.82) is 0 Å². The predicted octanol–water partition coefficient (Wildman–Crippen LogP) is 3.16. The van der Waals surface area contributed by atoms with E-state index < -0.39 is 0 Å². The summed E-state index contributed by atoms with van der Waals surface area (Å²) in [5.74, 6) is 0.634. The van der Waals surface area contributed by atoms with Gasteiger partial charge in [-0.1, -0.05) is 31.5 Å². The van der Waals surface area contributed by atoms with Gasteiger partial charge in [0.25, 0.3) is 0 Å². The number of carbonyl (C=O) groups excluding carboxylic acids is 1. The summed E-state index contributed by atoms with van der Waals surface area (Å²) in [5.41, 5.74) is 0. The minimum absolute atomic E-state index is 0.133. The van der Waals surface area contributed by atoms with Crippen LogP contribution in [-0.4, -0.2) is 42.2 Å². The molecule has 4 heteroatoms. The van der Waals surface area contributed by atoms with Crippen LogP contribution in [0.3, 0.4) is 0 Å². The molecule has 1 heterocycles. The third-order valence-electron chi connectivity index (χ3n) is 4.05. The smallest absolute Gasteiger partial charge is 0.230 e. The minimum atomic E-state index is 0.133. The number of hydrogen-bond acceptors (Lipinski definition) is 3. The lowest BCUT2D eigenvalue weighted by atomic mass is 10.0. The first-order chi connectivity index (χ1) is 10.3. The highest BCUT2D eigenvalue weighted by Gasteiger charge is 2.20. The molecule has 0 spiro atoms. The number of carbonyl (C=O) groups is 1. The highest BCUT2D eigenvalue weighted by atomic mass is 32.2. The fourth-order valence-corrected chi connectivity index (χ4v) is 3.62. The molecule has 21 heavy (non-hydrogen) atoms. The number of benzene rings is 1. The van der Waals surface area contributed by atoms with Gasteiger partial charge in [0.05, 0.1) is 5.75 Å². The van der Waals surface area contributed by atoms with E-state index in [2.05, 4.69) is 17.1 Å². The zero-order valence-electron chi connectivity index (χ0n) is 12.9. The molecule has 1 aliphatic heterocycles. The van der Waals surface area contributed by atoms with Crippen LogP contribution in [0.15, 0.2) is 35.2 Å². The first-order valence-electron chi connectivity index (χ1n) is 7.98. The van der Waals surface area contributed by atoms with Crippen LogP contribution >= 0.6 is 11.8 Å². The number of nitrogens with one attached hydrogen (secondary N) is 1. The van der Waals surface area contributed by atoms with Crippen molar-refractivity contribution >= 4 is 17.7 Å². The van der Waals surface area contributed by atoms with Crippen LogP contribution in [0.2, 0.25) is 0 Å². The Morgan fingerprint density at radius 1 is 1.33 bits per heavy atom. The van der Waals surface area contributed by atoms with Gasteiger partial charge in [0.1, 0.15) is 0 Å². The van der Waals surface area contributed by atoms with Crippen LogP contribution in [0.25, 0.3) is 0 Å². The second kappa shape index (κ2) is 9.11. The van der Waals surface area contributed by atoms with E-state index >= 15 is 0 Å². The fraction of sp³-hybridized carbons (Fsp3) is 0.588. The van der Waals surface area contributed by atoms with Crippen molar-refractivity contribution in [2.24, 2.45) is 0 Å². The van der Waals surface area contributed by atoms with Crippen molar-refractivity contribution in [3.8, 4) is 0 Å². The van der Waals surface area contributed by atoms with Crippen LogP contribution in [0.5, 0.6) is 0 Å². The predicted molar refractivity (Wildman–Crippen MR) is 89.7 cm³/mol. The standard InChI is InChI=1S/C17H26N2OS/c1-2-15-8-6-7-12-19(15)13-11-18-17(20)14-21-16-9-4-3-5-10-16/h3-5,9-10,15H,2,6-8,11-14H2,1H3,(H,18,20). The maximum Gasteiger partial charge on any atom is 0.230 e. The van der Waals surface area contributed by atoms with Crippen molar-refractivity contribution < 1.29 is 4.79 Å². The monoisotopic (exact) mass is 306 g/mol. The molecular formula is C17H26N2OS. The molecule has 0 saturated carbocycles. The van der Waals surface area contributed by atoms with Crippen LogP contribution in [0.1, 0.15) is 32.6 Å². The summed E-state index contributed by atoms with van der Waals surface area (Å²) < 4.78 is 0. The Morgan fingerprint density at radius 2 is 2.14 bits per heavy atom. The summed E-state index contributed by atoms with van der Waals surface area (Å²) in [5, 5.41) is 3.04. The summed E-state index contributed by atoms with van der Waals surface area (Å²) in [4.78, 5) is 15.5. The molecular weight excluding hydrogens is 280 g/mol. The Hall–Kier alpha value is -1.00. The fourth-order valence-electron chi connectivity index (χ4n) is 2.87. The lowest BCUT2D eigenvalue weighted by molar-refractivity contribution is -0.118. The second-order valence-corrected chi connectivity index (χ2v) is 6.59. The minimum Gasteiger partial charge on any atom is -0.354 e. The summed E-state index contributed by atoms with van der Waals surface area (Å²) >= 11 is 1.59. The van der Waals surface area contributed by atoms with Gasteiger partial charge in [-0.3, -0.25) is 9.69 Å². The SMILES string of the molecule is CCC1CCCCN1CCNC(=O)CSc1ccccc1. The number of piperidine rings is 1. The molecule has 1 aliphatic rings. The Balaban J connectivity index is 1.62. The molecule has 2 rings (SSSR count). The molecule has 0 bridgehead atoms. The molecule has 0 aromatic heterocycles. The second-order valence-electron chi connectivity index (χ2n) is 5.55. The van der Waals surface area contributed by atoms with Crippen molar-refractivity contribution in [1.82, 2.24) is 10.2 Å².